The van der Waals surface area contributed by atoms with Crippen molar-refractivity contribution >= 4 is 29.2 Å². The molecule has 2 N–H and O–H groups in total. The van der Waals surface area contributed by atoms with Gasteiger partial charge in [-0.3, -0.25) is 0 Å². The van der Waals surface area contributed by atoms with Crippen molar-refractivity contribution in [2.75, 3.05) is 6.61 Å². The van der Waals surface area contributed by atoms with Crippen LogP contribution in [0.4, 0.5) is 0 Å². The van der Waals surface area contributed by atoms with Crippen molar-refractivity contribution in [1.29, 1.82) is 0 Å². The van der Waals surface area contributed by atoms with E-state index in [2.05, 4.69) is 5.32 Å². The second-order valence-electron chi connectivity index (χ2n) is 6.84. The van der Waals surface area contributed by atoms with E-state index in [-0.39, 0.29) is 5.56 Å². The lowest BCUT2D eigenvalue weighted by molar-refractivity contribution is 0.0697. The second-order valence-corrected chi connectivity index (χ2v) is 7.69. The molecule has 3 aromatic rings. The third-order valence-corrected chi connectivity index (χ3v) is 5.15. The van der Waals surface area contributed by atoms with Gasteiger partial charge in [-0.05, 0) is 54.4 Å². The first kappa shape index (κ1) is 22.9. The lowest BCUT2D eigenvalue weighted by atomic mass is 10.1. The van der Waals surface area contributed by atoms with Gasteiger partial charge in [0.15, 0.2) is 11.5 Å². The van der Waals surface area contributed by atoms with Crippen molar-refractivity contribution in [3.63, 3.8) is 0 Å². The average Bonchev–Trinajstić information content (AvgIpc) is 2.75. The van der Waals surface area contributed by atoms with E-state index >= 15 is 0 Å². The summed E-state index contributed by atoms with van der Waals surface area (Å²) in [5, 5.41) is 13.5. The summed E-state index contributed by atoms with van der Waals surface area (Å²) in [5.41, 5.74) is 3.17. The Morgan fingerprint density at radius 2 is 1.61 bits per heavy atom. The van der Waals surface area contributed by atoms with Gasteiger partial charge in [-0.25, -0.2) is 4.79 Å². The fourth-order valence-electron chi connectivity index (χ4n) is 2.96. The molecular formula is C24H23Cl2NO4. The van der Waals surface area contributed by atoms with Gasteiger partial charge >= 0.3 is 5.97 Å². The Bertz CT molecular complexity index is 1040. The highest BCUT2D eigenvalue weighted by Crippen LogP contribution is 2.30. The molecule has 0 aliphatic carbocycles. The van der Waals surface area contributed by atoms with Gasteiger partial charge in [-0.2, -0.15) is 0 Å². The summed E-state index contributed by atoms with van der Waals surface area (Å²) in [4.78, 5) is 10.9. The Hall–Kier alpha value is -2.73. The van der Waals surface area contributed by atoms with E-state index in [1.165, 1.54) is 0 Å². The highest BCUT2D eigenvalue weighted by molar-refractivity contribution is 6.35. The van der Waals surface area contributed by atoms with Gasteiger partial charge in [0, 0.05) is 28.7 Å². The Labute approximate surface area is 191 Å². The van der Waals surface area contributed by atoms with Gasteiger partial charge in [0.1, 0.15) is 6.61 Å². The van der Waals surface area contributed by atoms with Crippen molar-refractivity contribution in [2.24, 2.45) is 0 Å². The number of carbonyl (C=O) groups is 1. The molecule has 7 heteroatoms. The summed E-state index contributed by atoms with van der Waals surface area (Å²) in [7, 11) is 0. The molecule has 3 rings (SSSR count). The highest BCUT2D eigenvalue weighted by atomic mass is 35.5. The van der Waals surface area contributed by atoms with Gasteiger partial charge in [0.2, 0.25) is 0 Å². The van der Waals surface area contributed by atoms with Crippen LogP contribution in [0.2, 0.25) is 10.0 Å². The minimum Gasteiger partial charge on any atom is -0.490 e. The van der Waals surface area contributed by atoms with Crippen LogP contribution < -0.4 is 14.8 Å². The zero-order chi connectivity index (χ0) is 22.2. The number of hydrogen-bond donors (Lipinski definition) is 2. The van der Waals surface area contributed by atoms with E-state index in [9.17, 15) is 4.79 Å². The van der Waals surface area contributed by atoms with Crippen molar-refractivity contribution < 1.29 is 19.4 Å². The number of nitrogens with one attached hydrogen (secondary N) is 1. The van der Waals surface area contributed by atoms with Crippen molar-refractivity contribution in [1.82, 2.24) is 5.32 Å². The zero-order valence-electron chi connectivity index (χ0n) is 17.0. The predicted octanol–water partition coefficient (Wildman–Crippen LogP) is 5.96. The molecule has 0 aliphatic rings. The maximum absolute atomic E-state index is 10.9. The first-order valence-electron chi connectivity index (χ1n) is 9.81. The fourth-order valence-corrected chi connectivity index (χ4v) is 3.42. The smallest absolute Gasteiger partial charge is 0.335 e. The van der Waals surface area contributed by atoms with Crippen LogP contribution in [0.1, 0.15) is 34.0 Å². The lowest BCUT2D eigenvalue weighted by Gasteiger charge is -2.14. The monoisotopic (exact) mass is 459 g/mol. The van der Waals surface area contributed by atoms with E-state index in [1.54, 1.807) is 36.4 Å². The molecule has 3 aromatic carbocycles. The number of carboxylic acid groups (broad SMARTS) is 1. The molecule has 31 heavy (non-hydrogen) atoms. The number of ether oxygens (including phenoxy) is 2. The van der Waals surface area contributed by atoms with Crippen LogP contribution >= 0.6 is 23.2 Å². The minimum absolute atomic E-state index is 0.278. The Balaban J connectivity index is 1.60. The van der Waals surface area contributed by atoms with Crippen LogP contribution in [0.15, 0.2) is 60.7 Å². The molecule has 0 atom stereocenters. The Morgan fingerprint density at radius 1 is 0.903 bits per heavy atom. The molecule has 0 aromatic heterocycles. The normalized spacial score (nSPS) is 10.7. The first-order chi connectivity index (χ1) is 15.0. The van der Waals surface area contributed by atoms with Gasteiger partial charge in [0.05, 0.1) is 12.2 Å². The summed E-state index contributed by atoms with van der Waals surface area (Å²) in [5.74, 6) is 0.377. The lowest BCUT2D eigenvalue weighted by Crippen LogP contribution is -2.13. The summed E-state index contributed by atoms with van der Waals surface area (Å²) in [6.45, 7) is 4.00. The van der Waals surface area contributed by atoms with E-state index < -0.39 is 5.97 Å². The number of aromatic carboxylic acids is 1. The molecule has 0 saturated carbocycles. The maximum atomic E-state index is 10.9. The summed E-state index contributed by atoms with van der Waals surface area (Å²) >= 11 is 12.2. The highest BCUT2D eigenvalue weighted by Gasteiger charge is 2.09. The zero-order valence-corrected chi connectivity index (χ0v) is 18.5. The molecule has 0 bridgehead atoms. The first-order valence-corrected chi connectivity index (χ1v) is 10.6. The van der Waals surface area contributed by atoms with E-state index in [4.69, 9.17) is 37.8 Å². The average molecular weight is 460 g/mol. The number of carboxylic acids is 1. The standard InChI is InChI=1S/C24H23Cl2NO4/c1-2-30-23-11-17(14-27-13-16-3-6-18(7-4-16)24(28)29)5-10-22(23)31-15-19-8-9-20(25)12-21(19)26/h3-12,27H,2,13-15H2,1H3,(H,28,29). The molecule has 0 saturated heterocycles. The quantitative estimate of drug-likeness (QED) is 0.391. The second kappa shape index (κ2) is 11.0. The van der Waals surface area contributed by atoms with Gasteiger partial charge in [0.25, 0.3) is 0 Å². The van der Waals surface area contributed by atoms with Crippen LogP contribution in [0.5, 0.6) is 11.5 Å². The predicted molar refractivity (Wildman–Crippen MR) is 122 cm³/mol. The summed E-state index contributed by atoms with van der Waals surface area (Å²) < 4.78 is 11.7. The largest absolute Gasteiger partial charge is 0.490 e. The minimum atomic E-state index is -0.927. The molecule has 162 valence electrons. The number of hydrogen-bond acceptors (Lipinski definition) is 4. The van der Waals surface area contributed by atoms with Gasteiger partial charge < -0.3 is 19.9 Å². The fraction of sp³-hybridized carbons (Fsp3) is 0.208. The molecule has 0 fully saturated rings. The van der Waals surface area contributed by atoms with Crippen molar-refractivity contribution in [3.05, 3.63) is 93.0 Å². The summed E-state index contributed by atoms with van der Waals surface area (Å²) in [6.07, 6.45) is 0. The third-order valence-electron chi connectivity index (χ3n) is 4.57. The van der Waals surface area contributed by atoms with E-state index in [0.717, 1.165) is 16.7 Å². The van der Waals surface area contributed by atoms with Crippen LogP contribution in [-0.4, -0.2) is 17.7 Å². The van der Waals surface area contributed by atoms with Crippen LogP contribution in [0.25, 0.3) is 0 Å². The molecular weight excluding hydrogens is 437 g/mol. The molecule has 0 unspecified atom stereocenters. The number of benzene rings is 3. The number of halogens is 2. The van der Waals surface area contributed by atoms with Gasteiger partial charge in [-0.1, -0.05) is 47.5 Å². The SMILES string of the molecule is CCOc1cc(CNCc2ccc(C(=O)O)cc2)ccc1OCc1ccc(Cl)cc1Cl. The van der Waals surface area contributed by atoms with Crippen LogP contribution in [0, 0.1) is 0 Å². The Morgan fingerprint density at radius 3 is 2.29 bits per heavy atom. The molecule has 5 nitrogen and oxygen atoms in total. The van der Waals surface area contributed by atoms with E-state index in [0.29, 0.717) is 47.8 Å². The molecule has 0 spiro atoms. The van der Waals surface area contributed by atoms with Crippen LogP contribution in [-0.2, 0) is 19.7 Å². The molecule has 0 radical (unpaired) electrons. The summed E-state index contributed by atoms with van der Waals surface area (Å²) in [6, 6.07) is 17.9. The van der Waals surface area contributed by atoms with E-state index in [1.807, 2.05) is 31.2 Å². The maximum Gasteiger partial charge on any atom is 0.335 e. The molecule has 0 heterocycles. The third kappa shape index (κ3) is 6.62. The van der Waals surface area contributed by atoms with Crippen molar-refractivity contribution in [3.8, 4) is 11.5 Å². The van der Waals surface area contributed by atoms with Crippen LogP contribution in [0.3, 0.4) is 0 Å². The molecule has 0 aliphatic heterocycles. The van der Waals surface area contributed by atoms with Gasteiger partial charge in [-0.15, -0.1) is 0 Å². The Kier molecular flexibility index (Phi) is 8.18. The molecule has 0 amide bonds. The number of rotatable bonds is 10. The topological polar surface area (TPSA) is 67.8 Å². The van der Waals surface area contributed by atoms with Crippen molar-refractivity contribution in [2.45, 2.75) is 26.6 Å².